The lowest BCUT2D eigenvalue weighted by Crippen LogP contribution is -2.57. The van der Waals surface area contributed by atoms with Gasteiger partial charge in [-0.1, -0.05) is 51.0 Å². The quantitative estimate of drug-likeness (QED) is 0.0240. The van der Waals surface area contributed by atoms with Gasteiger partial charge in [0.15, 0.2) is 23.1 Å². The van der Waals surface area contributed by atoms with Gasteiger partial charge in [-0.25, -0.2) is 19.6 Å². The fourth-order valence-electron chi connectivity index (χ4n) is 8.53. The minimum Gasteiger partial charge on any atom is -0.490 e. The molecule has 5 aromatic rings. The summed E-state index contributed by atoms with van der Waals surface area (Å²) in [4.78, 5) is 68.7. The number of pyridine rings is 1. The summed E-state index contributed by atoms with van der Waals surface area (Å²) in [6, 6.07) is 6.03. The lowest BCUT2D eigenvalue weighted by Gasteiger charge is -2.35. The summed E-state index contributed by atoms with van der Waals surface area (Å²) in [5.41, 5.74) is 10.6. The topological polar surface area (TPSA) is 315 Å². The summed E-state index contributed by atoms with van der Waals surface area (Å²) >= 11 is 1.57. The Morgan fingerprint density at radius 3 is 2.20 bits per heavy atom. The first kappa shape index (κ1) is 62.6. The average Bonchev–Trinajstić information content (AvgIpc) is 4.31. The van der Waals surface area contributed by atoms with Crippen molar-refractivity contribution in [2.45, 2.75) is 117 Å². The van der Waals surface area contributed by atoms with Crippen molar-refractivity contribution >= 4 is 51.8 Å². The Morgan fingerprint density at radius 1 is 0.875 bits per heavy atom. The number of amides is 4. The normalized spacial score (nSPS) is 14.9. The fourth-order valence-corrected chi connectivity index (χ4v) is 9.34. The first-order chi connectivity index (χ1) is 38.3. The van der Waals surface area contributed by atoms with Crippen LogP contribution in [0.4, 0.5) is 5.82 Å². The van der Waals surface area contributed by atoms with Gasteiger partial charge in [0, 0.05) is 45.4 Å². The molecule has 1 saturated heterocycles. The minimum absolute atomic E-state index is 0.0134. The first-order valence-electron chi connectivity index (χ1n) is 27.0. The molecule has 4 amide bonds. The highest BCUT2D eigenvalue weighted by Gasteiger charge is 2.44. The maximum atomic E-state index is 13.9. The van der Waals surface area contributed by atoms with Gasteiger partial charge < -0.3 is 70.4 Å². The van der Waals surface area contributed by atoms with Crippen LogP contribution in [-0.2, 0) is 51.2 Å². The number of imidazole rings is 1. The summed E-state index contributed by atoms with van der Waals surface area (Å²) in [5.74, 6) is 5.50. The van der Waals surface area contributed by atoms with Gasteiger partial charge in [-0.3, -0.25) is 19.2 Å². The number of nitrogens with one attached hydrogen (secondary N) is 4. The molecule has 0 radical (unpaired) electrons. The van der Waals surface area contributed by atoms with Crippen LogP contribution in [0, 0.1) is 24.2 Å². The molecule has 0 unspecified atom stereocenters. The Morgan fingerprint density at radius 2 is 1.56 bits per heavy atom. The number of β-amino-alcohol motifs (C(OH)–C–C–N with tert-alkyl or cyclic N) is 1. The van der Waals surface area contributed by atoms with Crippen molar-refractivity contribution in [3.05, 3.63) is 52.9 Å². The van der Waals surface area contributed by atoms with E-state index in [0.29, 0.717) is 120 Å². The van der Waals surface area contributed by atoms with E-state index in [9.17, 15) is 29.4 Å². The van der Waals surface area contributed by atoms with Crippen molar-refractivity contribution in [1.29, 1.82) is 0 Å². The van der Waals surface area contributed by atoms with Gasteiger partial charge in [0.1, 0.15) is 34.4 Å². The number of aromatic nitrogens is 6. The molecule has 80 heavy (non-hydrogen) atoms. The monoisotopic (exact) mass is 1130 g/mol. The molecule has 24 nitrogen and oxygen atoms in total. The molecule has 4 aromatic heterocycles. The Hall–Kier alpha value is -6.63. The maximum Gasteiger partial charge on any atom is 0.246 e. The minimum atomic E-state index is -1.23. The van der Waals surface area contributed by atoms with Gasteiger partial charge in [0.2, 0.25) is 23.6 Å². The van der Waals surface area contributed by atoms with E-state index in [2.05, 4.69) is 53.4 Å². The maximum absolute atomic E-state index is 13.9. The molecule has 1 aliphatic rings. The van der Waals surface area contributed by atoms with Crippen molar-refractivity contribution in [2.24, 2.45) is 5.41 Å². The molecular weight excluding hydrogens is 1050 g/mol. The number of benzene rings is 1. The van der Waals surface area contributed by atoms with Crippen LogP contribution in [0.15, 0.2) is 40.6 Å². The number of thiazole rings is 1. The highest BCUT2D eigenvalue weighted by molar-refractivity contribution is 7.13. The summed E-state index contributed by atoms with van der Waals surface area (Å²) in [6.07, 6.45) is 2.55. The van der Waals surface area contributed by atoms with E-state index in [-0.39, 0.29) is 68.4 Å². The third-order valence-corrected chi connectivity index (χ3v) is 13.6. The molecule has 1 aromatic carbocycles. The fraction of sp³-hybridized carbons (Fsp3) is 0.582. The Labute approximate surface area is 470 Å². The Balaban J connectivity index is 0.749. The van der Waals surface area contributed by atoms with Gasteiger partial charge in [-0.05, 0) is 86.4 Å². The van der Waals surface area contributed by atoms with E-state index >= 15 is 0 Å². The van der Waals surface area contributed by atoms with Crippen LogP contribution in [0.1, 0.15) is 90.6 Å². The summed E-state index contributed by atoms with van der Waals surface area (Å²) in [7, 11) is 0. The van der Waals surface area contributed by atoms with Crippen molar-refractivity contribution in [1.82, 2.24) is 56.0 Å². The van der Waals surface area contributed by atoms with Crippen LogP contribution in [0.3, 0.4) is 0 Å². The van der Waals surface area contributed by atoms with Crippen molar-refractivity contribution < 1.29 is 57.7 Å². The zero-order valence-electron chi connectivity index (χ0n) is 46.9. The second-order valence-electron chi connectivity index (χ2n) is 20.7. The van der Waals surface area contributed by atoms with Crippen molar-refractivity contribution in [2.75, 3.05) is 91.4 Å². The van der Waals surface area contributed by atoms with Gasteiger partial charge in [0.25, 0.3) is 0 Å². The molecule has 1 aliphatic heterocycles. The number of rotatable bonds is 32. The van der Waals surface area contributed by atoms with Crippen LogP contribution in [0.2, 0.25) is 0 Å². The molecule has 25 heteroatoms. The van der Waals surface area contributed by atoms with E-state index in [0.717, 1.165) is 21.7 Å². The SMILES string of the molecule is CCn1c(-c2nonc2N)nc2c(C#CC(C)(C)O)ncc(OCCCNCCCC(=O)NCCOCCOCCOCCOCCC(=O)N[C@H](C(=O)N3C[C@H](O)C[C@H]3C(=O)NCc3ccc(-c4scnc4C)cc3)C(C)(C)C)c21. The summed E-state index contributed by atoms with van der Waals surface area (Å²) in [5, 5.41) is 40.3. The Kier molecular flexibility index (Phi) is 24.1. The number of nitrogens with two attached hydrogens (primary N) is 1. The lowest BCUT2D eigenvalue weighted by atomic mass is 9.85. The molecule has 3 atom stereocenters. The zero-order valence-corrected chi connectivity index (χ0v) is 47.7. The number of aryl methyl sites for hydroxylation is 2. The predicted octanol–water partition coefficient (Wildman–Crippen LogP) is 3.16. The second kappa shape index (κ2) is 30.8. The van der Waals surface area contributed by atoms with Gasteiger partial charge >= 0.3 is 0 Å². The highest BCUT2D eigenvalue weighted by Crippen LogP contribution is 2.34. The molecule has 0 saturated carbocycles. The van der Waals surface area contributed by atoms with E-state index in [1.807, 2.05) is 69.0 Å². The number of carbonyl (C=O) groups excluding carboxylic acids is 4. The van der Waals surface area contributed by atoms with E-state index in [1.165, 1.54) is 4.90 Å². The van der Waals surface area contributed by atoms with Crippen LogP contribution >= 0.6 is 11.3 Å². The molecule has 0 aliphatic carbocycles. The number of hydrogen-bond acceptors (Lipinski definition) is 20. The molecule has 0 bridgehead atoms. The van der Waals surface area contributed by atoms with Crippen LogP contribution in [0.25, 0.3) is 33.0 Å². The molecule has 1 fully saturated rings. The number of nitrogen functional groups attached to an aromatic ring is 1. The average molecular weight is 1130 g/mol. The number of aliphatic hydroxyl groups is 2. The predicted molar refractivity (Wildman–Crippen MR) is 299 cm³/mol. The largest absolute Gasteiger partial charge is 0.490 e. The number of carbonyl (C=O) groups is 4. The zero-order chi connectivity index (χ0) is 57.7. The number of aliphatic hydroxyl groups excluding tert-OH is 1. The van der Waals surface area contributed by atoms with Crippen LogP contribution in [0.5, 0.6) is 5.75 Å². The van der Waals surface area contributed by atoms with Gasteiger partial charge in [0.05, 0.1) is 87.8 Å². The van der Waals surface area contributed by atoms with Crippen LogP contribution in [-0.4, -0.2) is 178 Å². The number of anilines is 1. The molecule has 0 spiro atoms. The number of ether oxygens (including phenoxy) is 5. The van der Waals surface area contributed by atoms with E-state index in [4.69, 9.17) is 39.0 Å². The summed E-state index contributed by atoms with van der Waals surface area (Å²) in [6.45, 7) is 17.9. The van der Waals surface area contributed by atoms with Gasteiger partial charge in [-0.2, -0.15) is 0 Å². The van der Waals surface area contributed by atoms with Crippen molar-refractivity contribution in [3.63, 3.8) is 0 Å². The lowest BCUT2D eigenvalue weighted by molar-refractivity contribution is -0.144. The third-order valence-electron chi connectivity index (χ3n) is 12.6. The first-order valence-corrected chi connectivity index (χ1v) is 27.9. The second-order valence-corrected chi connectivity index (χ2v) is 21.6. The van der Waals surface area contributed by atoms with Crippen molar-refractivity contribution in [3.8, 4) is 39.5 Å². The van der Waals surface area contributed by atoms with E-state index in [1.54, 1.807) is 31.4 Å². The number of nitrogens with zero attached hydrogens (tertiary/aromatic N) is 7. The third kappa shape index (κ3) is 19.0. The van der Waals surface area contributed by atoms with Gasteiger partial charge in [-0.15, -0.1) is 11.3 Å². The molecule has 436 valence electrons. The number of hydrogen-bond donors (Lipinski definition) is 7. The smallest absolute Gasteiger partial charge is 0.246 e. The standard InChI is InChI=1S/C55H78N12O12S/c1-8-66-47-42(33-59-40(16-18-55(6,7)73)45(47)63-51(66)46-50(56)65-79-64-46)78-22-10-20-57-19-9-11-43(69)58-21-24-75-26-28-77-30-29-76-27-25-74-23-17-44(70)62-49(54(3,4)5)53(72)67-34-39(68)31-41(67)52(71)60-32-37-12-14-38(15-13-37)48-36(2)61-35-80-48/h12-15,33,35,39,41,49,57,68,73H,8-11,17,19-32,34H2,1-7H3,(H2,56,65)(H,58,69)(H,60,71)(H,62,70)/t39-,41+,49-/m1/s1. The Bertz CT molecular complexity index is 2850. The summed E-state index contributed by atoms with van der Waals surface area (Å²) < 4.78 is 35.2. The van der Waals surface area contributed by atoms with Crippen LogP contribution < -0.4 is 31.7 Å². The number of fused-ring (bicyclic) bond motifs is 1. The highest BCUT2D eigenvalue weighted by atomic mass is 32.1. The van der Waals surface area contributed by atoms with E-state index < -0.39 is 35.1 Å². The number of likely N-dealkylation sites (tertiary alicyclic amines) is 1. The molecule has 5 heterocycles. The molecule has 6 rings (SSSR count). The molecular formula is C55H78N12O12S. The molecule has 8 N–H and O–H groups in total.